The van der Waals surface area contributed by atoms with Crippen LogP contribution < -0.4 is 5.73 Å². The van der Waals surface area contributed by atoms with Crippen molar-refractivity contribution in [1.82, 2.24) is 4.90 Å². The molecule has 1 aromatic heterocycles. The van der Waals surface area contributed by atoms with Gasteiger partial charge < -0.3 is 10.2 Å². The zero-order chi connectivity index (χ0) is 13.3. The first-order valence-electron chi connectivity index (χ1n) is 7.66. The number of furan rings is 1. The molecule has 1 aromatic rings. The van der Waals surface area contributed by atoms with Crippen LogP contribution in [-0.4, -0.2) is 24.0 Å². The fraction of sp³-hybridized carbons (Fsp3) is 0.750. The maximum absolute atomic E-state index is 6.19. The van der Waals surface area contributed by atoms with E-state index in [-0.39, 0.29) is 5.54 Å². The average molecular weight is 262 g/mol. The van der Waals surface area contributed by atoms with Gasteiger partial charge in [0.1, 0.15) is 0 Å². The molecule has 106 valence electrons. The van der Waals surface area contributed by atoms with Crippen molar-refractivity contribution in [1.29, 1.82) is 0 Å². The lowest BCUT2D eigenvalue weighted by molar-refractivity contribution is 0.0458. The summed E-state index contributed by atoms with van der Waals surface area (Å²) in [6, 6.07) is 2.06. The van der Waals surface area contributed by atoms with Gasteiger partial charge in [0.15, 0.2) is 0 Å². The number of hydrogen-bond donors (Lipinski definition) is 1. The van der Waals surface area contributed by atoms with E-state index in [0.717, 1.165) is 24.9 Å². The molecule has 19 heavy (non-hydrogen) atoms. The Morgan fingerprint density at radius 3 is 2.84 bits per heavy atom. The summed E-state index contributed by atoms with van der Waals surface area (Å²) in [5, 5.41) is 0. The first kappa shape index (κ1) is 13.2. The zero-order valence-electron chi connectivity index (χ0n) is 12.0. The minimum Gasteiger partial charge on any atom is -0.472 e. The molecule has 0 bridgehead atoms. The maximum atomic E-state index is 6.19. The Labute approximate surface area is 116 Å². The predicted octanol–water partition coefficient (Wildman–Crippen LogP) is 3.01. The van der Waals surface area contributed by atoms with E-state index in [4.69, 9.17) is 10.2 Å². The second-order valence-corrected chi connectivity index (χ2v) is 6.61. The Morgan fingerprint density at radius 2 is 2.21 bits per heavy atom. The fourth-order valence-electron chi connectivity index (χ4n) is 3.87. The van der Waals surface area contributed by atoms with Crippen LogP contribution in [0, 0.1) is 11.8 Å². The minimum absolute atomic E-state index is 0.211. The molecule has 2 fully saturated rings. The molecule has 3 nitrogen and oxygen atoms in total. The Hall–Kier alpha value is -0.800. The lowest BCUT2D eigenvalue weighted by Gasteiger charge is -2.47. The highest BCUT2D eigenvalue weighted by Gasteiger charge is 2.43. The highest BCUT2D eigenvalue weighted by molar-refractivity contribution is 5.07. The molecular weight excluding hydrogens is 236 g/mol. The molecule has 3 rings (SSSR count). The summed E-state index contributed by atoms with van der Waals surface area (Å²) in [6.07, 6.45) is 11.8. The lowest BCUT2D eigenvalue weighted by atomic mass is 9.73. The monoisotopic (exact) mass is 262 g/mol. The second kappa shape index (κ2) is 5.29. The van der Waals surface area contributed by atoms with Crippen LogP contribution >= 0.6 is 0 Å². The van der Waals surface area contributed by atoms with Crippen molar-refractivity contribution in [3.8, 4) is 0 Å². The molecule has 1 heterocycles. The van der Waals surface area contributed by atoms with Crippen molar-refractivity contribution in [2.24, 2.45) is 17.6 Å². The highest BCUT2D eigenvalue weighted by Crippen LogP contribution is 2.47. The molecule has 2 aliphatic rings. The van der Waals surface area contributed by atoms with E-state index in [2.05, 4.69) is 18.0 Å². The largest absolute Gasteiger partial charge is 0.472 e. The number of nitrogens with two attached hydrogens (primary N) is 1. The predicted molar refractivity (Wildman–Crippen MR) is 76.6 cm³/mol. The van der Waals surface area contributed by atoms with E-state index < -0.39 is 0 Å². The number of nitrogens with zero attached hydrogens (tertiary/aromatic N) is 1. The first-order valence-corrected chi connectivity index (χ1v) is 7.66. The van der Waals surface area contributed by atoms with Crippen LogP contribution in [0.5, 0.6) is 0 Å². The summed E-state index contributed by atoms with van der Waals surface area (Å²) in [6.45, 7) is 1.73. The topological polar surface area (TPSA) is 42.4 Å². The number of rotatable bonds is 5. The van der Waals surface area contributed by atoms with Crippen molar-refractivity contribution >= 4 is 0 Å². The molecular formula is C16H26N2O. The number of hydrogen-bond acceptors (Lipinski definition) is 3. The van der Waals surface area contributed by atoms with Crippen LogP contribution in [0.15, 0.2) is 23.0 Å². The summed E-state index contributed by atoms with van der Waals surface area (Å²) < 4.78 is 5.18. The fourth-order valence-corrected chi connectivity index (χ4v) is 3.87. The van der Waals surface area contributed by atoms with Crippen molar-refractivity contribution in [2.45, 2.75) is 50.6 Å². The molecule has 2 atom stereocenters. The van der Waals surface area contributed by atoms with Gasteiger partial charge in [-0.1, -0.05) is 12.8 Å². The molecule has 0 saturated heterocycles. The van der Waals surface area contributed by atoms with E-state index in [1.807, 2.05) is 6.26 Å². The third-order valence-corrected chi connectivity index (χ3v) is 5.34. The molecule has 0 radical (unpaired) electrons. The van der Waals surface area contributed by atoms with Gasteiger partial charge in [-0.25, -0.2) is 0 Å². The minimum atomic E-state index is 0.211. The summed E-state index contributed by atoms with van der Waals surface area (Å²) in [5.41, 5.74) is 7.65. The van der Waals surface area contributed by atoms with Crippen LogP contribution in [0.3, 0.4) is 0 Å². The van der Waals surface area contributed by atoms with Gasteiger partial charge in [-0.2, -0.15) is 0 Å². The molecule has 0 aromatic carbocycles. The third-order valence-electron chi connectivity index (χ3n) is 5.34. The molecule has 0 aliphatic heterocycles. The van der Waals surface area contributed by atoms with E-state index in [1.165, 1.54) is 44.1 Å². The molecule has 2 saturated carbocycles. The SMILES string of the molecule is CN(Cc1ccoc1)C1(CN)CCCC(C2CC2)C1. The summed E-state index contributed by atoms with van der Waals surface area (Å²) in [4.78, 5) is 2.48. The normalized spacial score (nSPS) is 31.8. The van der Waals surface area contributed by atoms with Crippen LogP contribution in [0.1, 0.15) is 44.1 Å². The van der Waals surface area contributed by atoms with E-state index in [0.29, 0.717) is 0 Å². The van der Waals surface area contributed by atoms with Crippen molar-refractivity contribution in [3.05, 3.63) is 24.2 Å². The molecule has 2 unspecified atom stereocenters. The van der Waals surface area contributed by atoms with E-state index in [1.54, 1.807) is 6.26 Å². The van der Waals surface area contributed by atoms with Gasteiger partial charge in [0.25, 0.3) is 0 Å². The summed E-state index contributed by atoms with van der Waals surface area (Å²) in [7, 11) is 2.23. The molecule has 2 aliphatic carbocycles. The van der Waals surface area contributed by atoms with Gasteiger partial charge in [0, 0.05) is 24.2 Å². The van der Waals surface area contributed by atoms with Gasteiger partial charge in [0.2, 0.25) is 0 Å². The Kier molecular flexibility index (Phi) is 3.68. The Bertz CT molecular complexity index is 399. The highest BCUT2D eigenvalue weighted by atomic mass is 16.3. The smallest absolute Gasteiger partial charge is 0.0947 e. The van der Waals surface area contributed by atoms with Gasteiger partial charge in [-0.05, 0) is 50.6 Å². The van der Waals surface area contributed by atoms with Gasteiger partial charge in [0.05, 0.1) is 12.5 Å². The van der Waals surface area contributed by atoms with Gasteiger partial charge in [-0.3, -0.25) is 4.90 Å². The maximum Gasteiger partial charge on any atom is 0.0947 e. The summed E-state index contributed by atoms with van der Waals surface area (Å²) >= 11 is 0. The zero-order valence-corrected chi connectivity index (χ0v) is 12.0. The quantitative estimate of drug-likeness (QED) is 0.887. The van der Waals surface area contributed by atoms with Crippen molar-refractivity contribution in [3.63, 3.8) is 0 Å². The molecule has 0 amide bonds. The van der Waals surface area contributed by atoms with Crippen LogP contribution in [0.2, 0.25) is 0 Å². The molecule has 3 heteroatoms. The molecule has 0 spiro atoms. The average Bonchev–Trinajstić information content (AvgIpc) is 3.18. The first-order chi connectivity index (χ1) is 9.23. The van der Waals surface area contributed by atoms with Gasteiger partial charge in [-0.15, -0.1) is 0 Å². The van der Waals surface area contributed by atoms with Crippen LogP contribution in [0.4, 0.5) is 0 Å². The van der Waals surface area contributed by atoms with Crippen molar-refractivity contribution in [2.75, 3.05) is 13.6 Å². The van der Waals surface area contributed by atoms with Crippen LogP contribution in [0.25, 0.3) is 0 Å². The van der Waals surface area contributed by atoms with E-state index in [9.17, 15) is 0 Å². The summed E-state index contributed by atoms with van der Waals surface area (Å²) in [5.74, 6) is 1.93. The number of likely N-dealkylation sites (N-methyl/N-ethyl adjacent to an activating group) is 1. The lowest BCUT2D eigenvalue weighted by Crippen LogP contribution is -2.54. The van der Waals surface area contributed by atoms with Gasteiger partial charge >= 0.3 is 0 Å². The van der Waals surface area contributed by atoms with Crippen molar-refractivity contribution < 1.29 is 4.42 Å². The second-order valence-electron chi connectivity index (χ2n) is 6.61. The Morgan fingerprint density at radius 1 is 1.37 bits per heavy atom. The molecule has 2 N–H and O–H groups in total. The van der Waals surface area contributed by atoms with Crippen LogP contribution in [-0.2, 0) is 6.54 Å². The van der Waals surface area contributed by atoms with E-state index >= 15 is 0 Å². The third kappa shape index (κ3) is 2.72. The Balaban J connectivity index is 1.69. The standard InChI is InChI=1S/C16H26N2O/c1-18(10-13-6-8-19-11-13)16(12-17)7-2-3-15(9-16)14-4-5-14/h6,8,11,14-15H,2-5,7,9-10,12,17H2,1H3.